The average Bonchev–Trinajstić information content (AvgIpc) is 3.30. The second kappa shape index (κ2) is 11.8. The molecule has 178 valence electrons. The first-order chi connectivity index (χ1) is 15.8. The Bertz CT molecular complexity index is 989. The summed E-state index contributed by atoms with van der Waals surface area (Å²) in [4.78, 5) is 28.1. The molecule has 2 aromatic rings. The molecule has 33 heavy (non-hydrogen) atoms. The first-order valence-electron chi connectivity index (χ1n) is 11.5. The number of rotatable bonds is 9. The Hall–Kier alpha value is -2.24. The van der Waals surface area contributed by atoms with Gasteiger partial charge in [-0.2, -0.15) is 0 Å². The fourth-order valence-electron chi connectivity index (χ4n) is 4.22. The monoisotopic (exact) mass is 490 g/mol. The van der Waals surface area contributed by atoms with Crippen LogP contribution in [0.4, 0.5) is 0 Å². The molecule has 0 spiro atoms. The summed E-state index contributed by atoms with van der Waals surface area (Å²) in [5, 5.41) is 4.00. The number of nitrogens with zero attached hydrogens (tertiary/aromatic N) is 1. The summed E-state index contributed by atoms with van der Waals surface area (Å²) in [6.45, 7) is 5.97. The molecule has 1 aliphatic carbocycles. The Kier molecular flexibility index (Phi) is 9.04. The van der Waals surface area contributed by atoms with E-state index < -0.39 is 6.04 Å². The van der Waals surface area contributed by atoms with Crippen molar-refractivity contribution in [2.75, 3.05) is 6.61 Å². The summed E-state index contributed by atoms with van der Waals surface area (Å²) in [7, 11) is 0. The van der Waals surface area contributed by atoms with Gasteiger partial charge in [0.2, 0.25) is 5.91 Å². The fraction of sp³-hybridized carbons (Fsp3) is 0.462. The van der Waals surface area contributed by atoms with Crippen molar-refractivity contribution in [1.29, 1.82) is 0 Å². The zero-order valence-electron chi connectivity index (χ0n) is 19.5. The molecule has 0 aromatic heterocycles. The van der Waals surface area contributed by atoms with E-state index >= 15 is 0 Å². The van der Waals surface area contributed by atoms with E-state index in [-0.39, 0.29) is 31.0 Å². The van der Waals surface area contributed by atoms with Crippen LogP contribution in [0.15, 0.2) is 36.4 Å². The maximum Gasteiger partial charge on any atom is 0.261 e. The normalized spacial score (nSPS) is 14.7. The highest BCUT2D eigenvalue weighted by Gasteiger charge is 2.31. The molecule has 2 amide bonds. The molecule has 1 saturated carbocycles. The van der Waals surface area contributed by atoms with Crippen molar-refractivity contribution in [3.05, 3.63) is 63.1 Å². The predicted octanol–water partition coefficient (Wildman–Crippen LogP) is 5.86. The van der Waals surface area contributed by atoms with E-state index in [2.05, 4.69) is 5.32 Å². The van der Waals surface area contributed by atoms with Crippen LogP contribution in [0.3, 0.4) is 0 Å². The molecule has 0 radical (unpaired) electrons. The molecule has 1 fully saturated rings. The second-order valence-electron chi connectivity index (χ2n) is 8.67. The standard InChI is InChI=1S/C26H32Cl2N2O3/c1-4-23(26(32)29-20-9-5-6-10-20)30(15-19-12-13-21(27)22(28)14-19)25(31)16-33-24-11-7-8-17(2)18(24)3/h7-8,11-14,20,23H,4-6,9-10,15-16H2,1-3H3,(H,29,32)/t23-/m1/s1. The molecule has 0 saturated heterocycles. The lowest BCUT2D eigenvalue weighted by Gasteiger charge is -2.31. The number of carbonyl (C=O) groups excluding carboxylic acids is 2. The molecule has 0 bridgehead atoms. The average molecular weight is 491 g/mol. The van der Waals surface area contributed by atoms with Gasteiger partial charge in [-0.1, -0.05) is 61.2 Å². The third kappa shape index (κ3) is 6.64. The van der Waals surface area contributed by atoms with Gasteiger partial charge in [-0.3, -0.25) is 9.59 Å². The van der Waals surface area contributed by atoms with Crippen molar-refractivity contribution in [2.45, 2.75) is 71.5 Å². The molecule has 5 nitrogen and oxygen atoms in total. The van der Waals surface area contributed by atoms with E-state index in [0.717, 1.165) is 42.4 Å². The topological polar surface area (TPSA) is 58.6 Å². The number of amides is 2. The Balaban J connectivity index is 1.80. The highest BCUT2D eigenvalue weighted by molar-refractivity contribution is 6.42. The van der Waals surface area contributed by atoms with Crippen LogP contribution in [0.2, 0.25) is 10.0 Å². The van der Waals surface area contributed by atoms with Crippen LogP contribution in [-0.2, 0) is 16.1 Å². The Morgan fingerprint density at radius 2 is 1.85 bits per heavy atom. The van der Waals surface area contributed by atoms with Crippen molar-refractivity contribution in [3.8, 4) is 5.75 Å². The van der Waals surface area contributed by atoms with Crippen molar-refractivity contribution in [2.24, 2.45) is 0 Å². The highest BCUT2D eigenvalue weighted by atomic mass is 35.5. The number of nitrogens with one attached hydrogen (secondary N) is 1. The quantitative estimate of drug-likeness (QED) is 0.479. The summed E-state index contributed by atoms with van der Waals surface area (Å²) in [5.74, 6) is 0.293. The second-order valence-corrected chi connectivity index (χ2v) is 9.49. The zero-order chi connectivity index (χ0) is 24.0. The number of hydrogen-bond acceptors (Lipinski definition) is 3. The van der Waals surface area contributed by atoms with Gasteiger partial charge in [0.1, 0.15) is 11.8 Å². The first-order valence-corrected chi connectivity index (χ1v) is 12.3. The lowest BCUT2D eigenvalue weighted by Crippen LogP contribution is -2.52. The van der Waals surface area contributed by atoms with Crippen LogP contribution in [0.5, 0.6) is 5.75 Å². The molecule has 2 aromatic carbocycles. The van der Waals surface area contributed by atoms with Gasteiger partial charge in [-0.05, 0) is 68.0 Å². The van der Waals surface area contributed by atoms with E-state index in [1.165, 1.54) is 0 Å². The zero-order valence-corrected chi connectivity index (χ0v) is 21.0. The van der Waals surface area contributed by atoms with E-state index in [9.17, 15) is 9.59 Å². The van der Waals surface area contributed by atoms with E-state index in [4.69, 9.17) is 27.9 Å². The maximum atomic E-state index is 13.4. The molecule has 1 atom stereocenters. The molecule has 0 unspecified atom stereocenters. The summed E-state index contributed by atoms with van der Waals surface area (Å²) in [5.41, 5.74) is 2.89. The highest BCUT2D eigenvalue weighted by Crippen LogP contribution is 2.25. The van der Waals surface area contributed by atoms with Crippen molar-refractivity contribution < 1.29 is 14.3 Å². The van der Waals surface area contributed by atoms with E-state index in [0.29, 0.717) is 22.2 Å². The van der Waals surface area contributed by atoms with Crippen LogP contribution in [0.25, 0.3) is 0 Å². The lowest BCUT2D eigenvalue weighted by molar-refractivity contribution is -0.143. The van der Waals surface area contributed by atoms with Crippen LogP contribution >= 0.6 is 23.2 Å². The SMILES string of the molecule is CC[C@H](C(=O)NC1CCCC1)N(Cc1ccc(Cl)c(Cl)c1)C(=O)COc1cccc(C)c1C. The van der Waals surface area contributed by atoms with Gasteiger partial charge in [-0.15, -0.1) is 0 Å². The van der Waals surface area contributed by atoms with Crippen LogP contribution in [0, 0.1) is 13.8 Å². The van der Waals surface area contributed by atoms with E-state index in [1.807, 2.05) is 45.0 Å². The van der Waals surface area contributed by atoms with Gasteiger partial charge in [0.15, 0.2) is 6.61 Å². The third-order valence-corrected chi connectivity index (χ3v) is 7.07. The maximum absolute atomic E-state index is 13.4. The van der Waals surface area contributed by atoms with Crippen molar-refractivity contribution >= 4 is 35.0 Å². The van der Waals surface area contributed by atoms with Gasteiger partial charge in [0.25, 0.3) is 5.91 Å². The number of benzene rings is 2. The molecule has 0 heterocycles. The van der Waals surface area contributed by atoms with Crippen molar-refractivity contribution in [1.82, 2.24) is 10.2 Å². The Morgan fingerprint density at radius 1 is 1.12 bits per heavy atom. The molecular weight excluding hydrogens is 459 g/mol. The van der Waals surface area contributed by atoms with Crippen LogP contribution in [-0.4, -0.2) is 35.4 Å². The van der Waals surface area contributed by atoms with Crippen LogP contribution < -0.4 is 10.1 Å². The molecule has 0 aliphatic heterocycles. The number of hydrogen-bond donors (Lipinski definition) is 1. The summed E-state index contributed by atoms with van der Waals surface area (Å²) in [6.07, 6.45) is 4.71. The number of halogens is 2. The van der Waals surface area contributed by atoms with Gasteiger partial charge < -0.3 is 15.0 Å². The largest absolute Gasteiger partial charge is 0.483 e. The van der Waals surface area contributed by atoms with Gasteiger partial charge in [-0.25, -0.2) is 0 Å². The number of ether oxygens (including phenoxy) is 1. The third-order valence-electron chi connectivity index (χ3n) is 6.33. The minimum Gasteiger partial charge on any atom is -0.483 e. The van der Waals surface area contributed by atoms with Crippen molar-refractivity contribution in [3.63, 3.8) is 0 Å². The predicted molar refractivity (Wildman–Crippen MR) is 133 cm³/mol. The number of aryl methyl sites for hydroxylation is 1. The molecule has 7 heteroatoms. The summed E-state index contributed by atoms with van der Waals surface area (Å²) >= 11 is 12.3. The lowest BCUT2D eigenvalue weighted by atomic mass is 10.1. The summed E-state index contributed by atoms with van der Waals surface area (Å²) < 4.78 is 5.88. The first kappa shape index (κ1) is 25.4. The van der Waals surface area contributed by atoms with Gasteiger partial charge in [0, 0.05) is 12.6 Å². The van der Waals surface area contributed by atoms with Gasteiger partial charge in [0.05, 0.1) is 10.0 Å². The molecule has 1 N–H and O–H groups in total. The molecule has 3 rings (SSSR count). The van der Waals surface area contributed by atoms with Gasteiger partial charge >= 0.3 is 0 Å². The minimum absolute atomic E-state index is 0.121. The number of carbonyl (C=O) groups is 2. The Morgan fingerprint density at radius 3 is 2.52 bits per heavy atom. The Labute approximate surface area is 206 Å². The smallest absolute Gasteiger partial charge is 0.261 e. The minimum atomic E-state index is -0.602. The molecule has 1 aliphatic rings. The fourth-order valence-corrected chi connectivity index (χ4v) is 4.55. The van der Waals surface area contributed by atoms with E-state index in [1.54, 1.807) is 17.0 Å². The molecular formula is C26H32Cl2N2O3. The summed E-state index contributed by atoms with van der Waals surface area (Å²) in [6, 6.07) is 10.6. The van der Waals surface area contributed by atoms with Crippen LogP contribution in [0.1, 0.15) is 55.7 Å².